The van der Waals surface area contributed by atoms with Crippen molar-refractivity contribution in [2.75, 3.05) is 25.0 Å². The number of aromatic nitrogens is 2. The standard InChI is InChI=1S/C18H23N5O4/c1-18(2,3)27-17(24)22-7-6-12(11-22)9-20-16-10-19-15-8-13(23(25)26)4-5-14(15)21-16/h4-5,8,10,12H,6-7,9,11H2,1-3H3,(H,20,21). The summed E-state index contributed by atoms with van der Waals surface area (Å²) in [6.45, 7) is 7.53. The fourth-order valence-corrected chi connectivity index (χ4v) is 2.94. The van der Waals surface area contributed by atoms with Crippen LogP contribution in [0.5, 0.6) is 0 Å². The molecule has 0 bridgehead atoms. The zero-order chi connectivity index (χ0) is 19.6. The second-order valence-electron chi connectivity index (χ2n) is 7.65. The van der Waals surface area contributed by atoms with E-state index in [0.717, 1.165) is 6.42 Å². The van der Waals surface area contributed by atoms with Gasteiger partial charge in [0.25, 0.3) is 5.69 Å². The number of likely N-dealkylation sites (tertiary alicyclic amines) is 1. The lowest BCUT2D eigenvalue weighted by atomic mass is 10.1. The third-order valence-corrected chi connectivity index (χ3v) is 4.25. The van der Waals surface area contributed by atoms with Crippen LogP contribution in [-0.4, -0.2) is 51.1 Å². The minimum absolute atomic E-state index is 0.00861. The summed E-state index contributed by atoms with van der Waals surface area (Å²) in [7, 11) is 0. The van der Waals surface area contributed by atoms with Crippen molar-refractivity contribution in [3.8, 4) is 0 Å². The number of nitro groups is 1. The van der Waals surface area contributed by atoms with Crippen LogP contribution in [0.25, 0.3) is 11.0 Å². The van der Waals surface area contributed by atoms with Gasteiger partial charge >= 0.3 is 6.09 Å². The van der Waals surface area contributed by atoms with Gasteiger partial charge in [-0.2, -0.15) is 0 Å². The molecule has 9 nitrogen and oxygen atoms in total. The molecule has 3 rings (SSSR count). The first-order valence-electron chi connectivity index (χ1n) is 8.84. The van der Waals surface area contributed by atoms with E-state index in [2.05, 4.69) is 15.3 Å². The maximum Gasteiger partial charge on any atom is 0.410 e. The van der Waals surface area contributed by atoms with Crippen molar-refractivity contribution in [2.45, 2.75) is 32.8 Å². The zero-order valence-corrected chi connectivity index (χ0v) is 15.6. The van der Waals surface area contributed by atoms with Gasteiger partial charge in [0, 0.05) is 31.8 Å². The molecule has 1 fully saturated rings. The van der Waals surface area contributed by atoms with Crippen LogP contribution in [0, 0.1) is 16.0 Å². The minimum atomic E-state index is -0.497. The largest absolute Gasteiger partial charge is 0.444 e. The van der Waals surface area contributed by atoms with E-state index in [1.807, 2.05) is 20.8 Å². The molecule has 1 aliphatic heterocycles. The summed E-state index contributed by atoms with van der Waals surface area (Å²) in [5, 5.41) is 14.1. The van der Waals surface area contributed by atoms with Crippen LogP contribution < -0.4 is 5.32 Å². The lowest BCUT2D eigenvalue weighted by molar-refractivity contribution is -0.384. The smallest absolute Gasteiger partial charge is 0.410 e. The second kappa shape index (κ2) is 7.34. The number of hydrogen-bond acceptors (Lipinski definition) is 7. The van der Waals surface area contributed by atoms with Gasteiger partial charge in [-0.05, 0) is 39.2 Å². The molecular weight excluding hydrogens is 350 g/mol. The van der Waals surface area contributed by atoms with Crippen molar-refractivity contribution in [3.63, 3.8) is 0 Å². The molecule has 1 N–H and O–H groups in total. The highest BCUT2D eigenvalue weighted by Crippen LogP contribution is 2.21. The first kappa shape index (κ1) is 18.8. The molecule has 1 amide bonds. The van der Waals surface area contributed by atoms with Crippen molar-refractivity contribution in [1.29, 1.82) is 0 Å². The average molecular weight is 373 g/mol. The van der Waals surface area contributed by atoms with Gasteiger partial charge in [0.2, 0.25) is 0 Å². The number of hydrogen-bond donors (Lipinski definition) is 1. The highest BCUT2D eigenvalue weighted by Gasteiger charge is 2.29. The average Bonchev–Trinajstić information content (AvgIpc) is 3.07. The summed E-state index contributed by atoms with van der Waals surface area (Å²) in [6, 6.07) is 4.41. The Morgan fingerprint density at radius 1 is 1.41 bits per heavy atom. The number of ether oxygens (including phenoxy) is 1. The molecule has 2 heterocycles. The number of anilines is 1. The SMILES string of the molecule is CC(C)(C)OC(=O)N1CCC(CNc2cnc3cc([N+](=O)[O-])ccc3n2)C1. The second-order valence-corrected chi connectivity index (χ2v) is 7.65. The molecule has 1 aliphatic rings. The lowest BCUT2D eigenvalue weighted by Gasteiger charge is -2.24. The number of non-ortho nitro benzene ring substituents is 1. The lowest BCUT2D eigenvalue weighted by Crippen LogP contribution is -2.35. The molecule has 27 heavy (non-hydrogen) atoms. The molecule has 144 valence electrons. The predicted molar refractivity (Wildman–Crippen MR) is 101 cm³/mol. The summed E-state index contributed by atoms with van der Waals surface area (Å²) in [5.74, 6) is 0.902. The molecule has 1 saturated heterocycles. The summed E-state index contributed by atoms with van der Waals surface area (Å²) in [5.41, 5.74) is 0.563. The molecule has 1 aromatic carbocycles. The Labute approximate surface area is 156 Å². The highest BCUT2D eigenvalue weighted by molar-refractivity contribution is 5.78. The number of benzene rings is 1. The summed E-state index contributed by atoms with van der Waals surface area (Å²) in [4.78, 5) is 32.9. The first-order chi connectivity index (χ1) is 12.7. The van der Waals surface area contributed by atoms with Gasteiger partial charge in [0.05, 0.1) is 22.2 Å². The number of fused-ring (bicyclic) bond motifs is 1. The van der Waals surface area contributed by atoms with E-state index in [9.17, 15) is 14.9 Å². The van der Waals surface area contributed by atoms with Gasteiger partial charge in [0.15, 0.2) is 0 Å². The molecule has 0 radical (unpaired) electrons. The summed E-state index contributed by atoms with van der Waals surface area (Å²) < 4.78 is 5.40. The Hall–Kier alpha value is -2.97. The number of nitrogens with zero attached hydrogens (tertiary/aromatic N) is 4. The number of nitro benzene ring substituents is 1. The van der Waals surface area contributed by atoms with Crippen molar-refractivity contribution < 1.29 is 14.5 Å². The molecule has 1 unspecified atom stereocenters. The maximum absolute atomic E-state index is 12.1. The molecule has 2 aromatic rings. The quantitative estimate of drug-likeness (QED) is 0.647. The van der Waals surface area contributed by atoms with Crippen molar-refractivity contribution in [1.82, 2.24) is 14.9 Å². The molecule has 0 spiro atoms. The normalized spacial score (nSPS) is 17.1. The van der Waals surface area contributed by atoms with Crippen LogP contribution in [0.15, 0.2) is 24.4 Å². The highest BCUT2D eigenvalue weighted by atomic mass is 16.6. The van der Waals surface area contributed by atoms with Crippen LogP contribution >= 0.6 is 0 Å². The van der Waals surface area contributed by atoms with E-state index >= 15 is 0 Å². The first-order valence-corrected chi connectivity index (χ1v) is 8.84. The van der Waals surface area contributed by atoms with E-state index in [4.69, 9.17) is 4.74 Å². The zero-order valence-electron chi connectivity index (χ0n) is 15.6. The van der Waals surface area contributed by atoms with Gasteiger partial charge in [-0.15, -0.1) is 0 Å². The van der Waals surface area contributed by atoms with Gasteiger partial charge in [-0.25, -0.2) is 9.78 Å². The third kappa shape index (κ3) is 4.81. The van der Waals surface area contributed by atoms with E-state index in [-0.39, 0.29) is 11.8 Å². The Morgan fingerprint density at radius 3 is 2.89 bits per heavy atom. The topological polar surface area (TPSA) is 110 Å². The minimum Gasteiger partial charge on any atom is -0.444 e. The molecule has 1 aromatic heterocycles. The number of carbonyl (C=O) groups excluding carboxylic acids is 1. The predicted octanol–water partition coefficient (Wildman–Crippen LogP) is 3.21. The monoisotopic (exact) mass is 373 g/mol. The third-order valence-electron chi connectivity index (χ3n) is 4.25. The van der Waals surface area contributed by atoms with Crippen LogP contribution in [-0.2, 0) is 4.74 Å². The van der Waals surface area contributed by atoms with Crippen molar-refractivity contribution in [3.05, 3.63) is 34.5 Å². The number of amides is 1. The molecule has 0 saturated carbocycles. The number of carbonyl (C=O) groups is 1. The Bertz CT molecular complexity index is 864. The fraction of sp³-hybridized carbons (Fsp3) is 0.500. The van der Waals surface area contributed by atoms with E-state index in [1.54, 1.807) is 17.2 Å². The van der Waals surface area contributed by atoms with Crippen LogP contribution in [0.2, 0.25) is 0 Å². The Kier molecular flexibility index (Phi) is 5.11. The molecule has 0 aliphatic carbocycles. The van der Waals surface area contributed by atoms with Gasteiger partial charge in [-0.1, -0.05) is 0 Å². The van der Waals surface area contributed by atoms with E-state index in [1.165, 1.54) is 12.1 Å². The summed E-state index contributed by atoms with van der Waals surface area (Å²) >= 11 is 0. The van der Waals surface area contributed by atoms with Crippen LogP contribution in [0.1, 0.15) is 27.2 Å². The van der Waals surface area contributed by atoms with Crippen LogP contribution in [0.4, 0.5) is 16.3 Å². The van der Waals surface area contributed by atoms with Crippen molar-refractivity contribution >= 4 is 28.6 Å². The maximum atomic E-state index is 12.1. The van der Waals surface area contributed by atoms with Gasteiger partial charge < -0.3 is 15.0 Å². The van der Waals surface area contributed by atoms with E-state index in [0.29, 0.717) is 42.4 Å². The van der Waals surface area contributed by atoms with E-state index < -0.39 is 10.5 Å². The van der Waals surface area contributed by atoms with Gasteiger partial charge in [0.1, 0.15) is 11.4 Å². The number of nitrogens with one attached hydrogen (secondary N) is 1. The summed E-state index contributed by atoms with van der Waals surface area (Å²) in [6.07, 6.45) is 2.17. The van der Waals surface area contributed by atoms with Crippen molar-refractivity contribution in [2.24, 2.45) is 5.92 Å². The van der Waals surface area contributed by atoms with Crippen LogP contribution in [0.3, 0.4) is 0 Å². The fourth-order valence-electron chi connectivity index (χ4n) is 2.94. The number of rotatable bonds is 4. The van der Waals surface area contributed by atoms with Gasteiger partial charge in [-0.3, -0.25) is 15.1 Å². The molecule has 1 atom stereocenters. The Balaban J connectivity index is 1.57. The Morgan fingerprint density at radius 2 is 2.19 bits per heavy atom. The molecular formula is C18H23N5O4. The molecule has 9 heteroatoms.